The van der Waals surface area contributed by atoms with Crippen molar-refractivity contribution in [2.45, 2.75) is 6.42 Å². The summed E-state index contributed by atoms with van der Waals surface area (Å²) in [5.41, 5.74) is 0.741. The fraction of sp³-hybridized carbons (Fsp3) is 0.200. The summed E-state index contributed by atoms with van der Waals surface area (Å²) in [5, 5.41) is 7.40. The number of carbonyl (C=O) groups excluding carboxylic acids is 1. The van der Waals surface area contributed by atoms with E-state index < -0.39 is 0 Å². The molecule has 0 amide bonds. The molecule has 0 unspecified atom stereocenters. The molecule has 0 fully saturated rings. The standard InChI is InChI=1S/C10H10N4O/c1-14-7-12-13-10(14)9(15)6-8-4-2-3-5-11-8/h2-5,7H,6H2,1H3. The fourth-order valence-corrected chi connectivity index (χ4v) is 1.28. The molecule has 0 radical (unpaired) electrons. The average molecular weight is 202 g/mol. The zero-order valence-corrected chi connectivity index (χ0v) is 8.29. The molecule has 2 heterocycles. The molecule has 2 rings (SSSR count). The minimum Gasteiger partial charge on any atom is -0.314 e. The van der Waals surface area contributed by atoms with Gasteiger partial charge in [0, 0.05) is 18.9 Å². The van der Waals surface area contributed by atoms with Gasteiger partial charge < -0.3 is 4.57 Å². The third-order valence-corrected chi connectivity index (χ3v) is 2.03. The Morgan fingerprint density at radius 3 is 2.93 bits per heavy atom. The van der Waals surface area contributed by atoms with E-state index in [4.69, 9.17) is 0 Å². The summed E-state index contributed by atoms with van der Waals surface area (Å²) in [4.78, 5) is 15.8. The van der Waals surface area contributed by atoms with E-state index in [9.17, 15) is 4.79 Å². The Labute approximate surface area is 86.8 Å². The molecule has 0 aliphatic rings. The topological polar surface area (TPSA) is 60.7 Å². The number of aromatic nitrogens is 4. The Morgan fingerprint density at radius 1 is 1.47 bits per heavy atom. The maximum Gasteiger partial charge on any atom is 0.206 e. The molecule has 0 spiro atoms. The Bertz CT molecular complexity index is 463. The van der Waals surface area contributed by atoms with Crippen molar-refractivity contribution >= 4 is 5.78 Å². The highest BCUT2D eigenvalue weighted by atomic mass is 16.1. The molecule has 5 nitrogen and oxygen atoms in total. The normalized spacial score (nSPS) is 10.2. The van der Waals surface area contributed by atoms with Gasteiger partial charge in [-0.25, -0.2) is 0 Å². The molecule has 0 aromatic carbocycles. The first-order valence-electron chi connectivity index (χ1n) is 4.54. The van der Waals surface area contributed by atoms with Crippen LogP contribution in [0.2, 0.25) is 0 Å². The number of hydrogen-bond donors (Lipinski definition) is 0. The molecule has 0 atom stereocenters. The van der Waals surface area contributed by atoms with Crippen LogP contribution >= 0.6 is 0 Å². The van der Waals surface area contributed by atoms with Crippen LogP contribution in [-0.2, 0) is 13.5 Å². The van der Waals surface area contributed by atoms with Crippen LogP contribution < -0.4 is 0 Å². The summed E-state index contributed by atoms with van der Waals surface area (Å²) in [5.74, 6) is 0.286. The van der Waals surface area contributed by atoms with E-state index in [0.29, 0.717) is 5.82 Å². The predicted octanol–water partition coefficient (Wildman–Crippen LogP) is 0.635. The van der Waals surface area contributed by atoms with Gasteiger partial charge in [0.15, 0.2) is 5.82 Å². The SMILES string of the molecule is Cn1cnnc1C(=O)Cc1ccccn1. The van der Waals surface area contributed by atoms with Gasteiger partial charge in [-0.1, -0.05) is 6.07 Å². The first-order chi connectivity index (χ1) is 7.27. The molecule has 0 saturated heterocycles. The zero-order valence-electron chi connectivity index (χ0n) is 8.29. The molecule has 0 N–H and O–H groups in total. The van der Waals surface area contributed by atoms with E-state index in [-0.39, 0.29) is 12.2 Å². The van der Waals surface area contributed by atoms with Gasteiger partial charge in [0.05, 0.1) is 6.42 Å². The second-order valence-corrected chi connectivity index (χ2v) is 3.19. The Balaban J connectivity index is 2.15. The average Bonchev–Trinajstić information content (AvgIpc) is 2.66. The Morgan fingerprint density at radius 2 is 2.33 bits per heavy atom. The van der Waals surface area contributed by atoms with Gasteiger partial charge >= 0.3 is 0 Å². The molecule has 15 heavy (non-hydrogen) atoms. The molecule has 2 aromatic heterocycles. The smallest absolute Gasteiger partial charge is 0.206 e. The Hall–Kier alpha value is -2.04. The number of carbonyl (C=O) groups is 1. The van der Waals surface area contributed by atoms with E-state index in [2.05, 4.69) is 15.2 Å². The zero-order chi connectivity index (χ0) is 10.7. The van der Waals surface area contributed by atoms with E-state index in [1.54, 1.807) is 17.8 Å². The number of Topliss-reactive ketones (excluding diaryl/α,β-unsaturated/α-hetero) is 1. The van der Waals surface area contributed by atoms with Crippen LogP contribution in [0.3, 0.4) is 0 Å². The van der Waals surface area contributed by atoms with Crippen LogP contribution in [0.4, 0.5) is 0 Å². The maximum absolute atomic E-state index is 11.7. The van der Waals surface area contributed by atoms with E-state index in [1.165, 1.54) is 6.33 Å². The number of hydrogen-bond acceptors (Lipinski definition) is 4. The maximum atomic E-state index is 11.7. The third kappa shape index (κ3) is 2.07. The number of ketones is 1. The van der Waals surface area contributed by atoms with E-state index in [0.717, 1.165) is 5.69 Å². The summed E-state index contributed by atoms with van der Waals surface area (Å²) < 4.78 is 1.60. The minimum absolute atomic E-state index is 0.0753. The summed E-state index contributed by atoms with van der Waals surface area (Å²) in [6, 6.07) is 5.48. The van der Waals surface area contributed by atoms with Crippen molar-refractivity contribution in [2.75, 3.05) is 0 Å². The molecule has 0 bridgehead atoms. The predicted molar refractivity (Wildman–Crippen MR) is 53.3 cm³/mol. The second-order valence-electron chi connectivity index (χ2n) is 3.19. The quantitative estimate of drug-likeness (QED) is 0.685. The molecule has 0 saturated carbocycles. The summed E-state index contributed by atoms with van der Waals surface area (Å²) in [6.07, 6.45) is 3.43. The number of aryl methyl sites for hydroxylation is 1. The van der Waals surface area contributed by atoms with Crippen molar-refractivity contribution < 1.29 is 4.79 Å². The lowest BCUT2D eigenvalue weighted by atomic mass is 10.2. The van der Waals surface area contributed by atoms with Crippen molar-refractivity contribution in [3.05, 3.63) is 42.2 Å². The van der Waals surface area contributed by atoms with Gasteiger partial charge in [-0.05, 0) is 12.1 Å². The highest BCUT2D eigenvalue weighted by molar-refractivity contribution is 5.93. The van der Waals surface area contributed by atoms with Gasteiger partial charge in [0.2, 0.25) is 5.78 Å². The van der Waals surface area contributed by atoms with Crippen LogP contribution in [0.5, 0.6) is 0 Å². The van der Waals surface area contributed by atoms with Crippen LogP contribution in [0, 0.1) is 0 Å². The van der Waals surface area contributed by atoms with Crippen molar-refractivity contribution in [3.63, 3.8) is 0 Å². The van der Waals surface area contributed by atoms with Crippen molar-refractivity contribution in [1.29, 1.82) is 0 Å². The Kier molecular flexibility index (Phi) is 2.53. The summed E-state index contributed by atoms with van der Waals surface area (Å²) in [7, 11) is 1.74. The minimum atomic E-state index is -0.0753. The van der Waals surface area contributed by atoms with Crippen LogP contribution in [0.15, 0.2) is 30.7 Å². The molecular weight excluding hydrogens is 192 g/mol. The first-order valence-corrected chi connectivity index (χ1v) is 4.54. The number of rotatable bonds is 3. The van der Waals surface area contributed by atoms with Crippen LogP contribution in [-0.4, -0.2) is 25.5 Å². The lowest BCUT2D eigenvalue weighted by Gasteiger charge is -1.99. The van der Waals surface area contributed by atoms with Crippen molar-refractivity contribution in [1.82, 2.24) is 19.7 Å². The van der Waals surface area contributed by atoms with Crippen molar-refractivity contribution in [3.8, 4) is 0 Å². The van der Waals surface area contributed by atoms with Gasteiger partial charge in [-0.2, -0.15) is 0 Å². The van der Waals surface area contributed by atoms with E-state index in [1.807, 2.05) is 18.2 Å². The van der Waals surface area contributed by atoms with Crippen LogP contribution in [0.1, 0.15) is 16.3 Å². The van der Waals surface area contributed by atoms with Gasteiger partial charge in [-0.15, -0.1) is 10.2 Å². The highest BCUT2D eigenvalue weighted by Crippen LogP contribution is 2.01. The van der Waals surface area contributed by atoms with Gasteiger partial charge in [0.1, 0.15) is 6.33 Å². The number of pyridine rings is 1. The molecular formula is C10H10N4O. The summed E-state index contributed by atoms with van der Waals surface area (Å²) >= 11 is 0. The third-order valence-electron chi connectivity index (χ3n) is 2.03. The first kappa shape index (κ1) is 9.51. The molecule has 0 aliphatic carbocycles. The molecule has 0 aliphatic heterocycles. The molecule has 2 aromatic rings. The lowest BCUT2D eigenvalue weighted by molar-refractivity contribution is 0.0978. The monoisotopic (exact) mass is 202 g/mol. The van der Waals surface area contributed by atoms with Gasteiger partial charge in [-0.3, -0.25) is 9.78 Å². The largest absolute Gasteiger partial charge is 0.314 e. The van der Waals surface area contributed by atoms with E-state index >= 15 is 0 Å². The molecule has 76 valence electrons. The van der Waals surface area contributed by atoms with Crippen LogP contribution in [0.25, 0.3) is 0 Å². The number of nitrogens with zero attached hydrogens (tertiary/aromatic N) is 4. The fourth-order valence-electron chi connectivity index (χ4n) is 1.28. The summed E-state index contributed by atoms with van der Waals surface area (Å²) in [6.45, 7) is 0. The van der Waals surface area contributed by atoms with Gasteiger partial charge in [0.25, 0.3) is 0 Å². The highest BCUT2D eigenvalue weighted by Gasteiger charge is 2.12. The van der Waals surface area contributed by atoms with Crippen molar-refractivity contribution in [2.24, 2.45) is 7.05 Å². The lowest BCUT2D eigenvalue weighted by Crippen LogP contribution is -2.10. The molecule has 5 heteroatoms. The second kappa shape index (κ2) is 4.00.